The lowest BCUT2D eigenvalue weighted by Gasteiger charge is -2.60. The number of rotatable bonds is 2. The Bertz CT molecular complexity index is 585. The lowest BCUT2D eigenvalue weighted by atomic mass is 9.56. The van der Waals surface area contributed by atoms with Crippen LogP contribution in [0, 0.1) is 12.3 Å². The molecule has 0 unspecified atom stereocenters. The van der Waals surface area contributed by atoms with Gasteiger partial charge in [-0.1, -0.05) is 48.0 Å². The molecule has 1 nitrogen and oxygen atoms in total. The molecule has 2 aromatic rings. The summed E-state index contributed by atoms with van der Waals surface area (Å²) in [5, 5.41) is 0. The van der Waals surface area contributed by atoms with Crippen molar-refractivity contribution in [2.45, 2.75) is 25.7 Å². The van der Waals surface area contributed by atoms with Crippen LogP contribution in [0.15, 0.2) is 54.6 Å². The number of para-hydroxylation sites is 1. The summed E-state index contributed by atoms with van der Waals surface area (Å²) in [6.07, 6.45) is 2.75. The summed E-state index contributed by atoms with van der Waals surface area (Å²) in [6.45, 7) is 4.66. The first kappa shape index (κ1) is 12.0. The van der Waals surface area contributed by atoms with Gasteiger partial charge in [-0.3, -0.25) is 0 Å². The molecular weight excluding hydrogens is 242 g/mol. The minimum atomic E-state index is 0.616. The summed E-state index contributed by atoms with van der Waals surface area (Å²) >= 11 is 0. The molecule has 0 aromatic heterocycles. The van der Waals surface area contributed by atoms with E-state index in [0.717, 1.165) is 5.92 Å². The van der Waals surface area contributed by atoms with Crippen molar-refractivity contribution in [3.05, 3.63) is 65.7 Å². The Morgan fingerprint density at radius 3 is 2.20 bits per heavy atom. The Morgan fingerprint density at radius 1 is 0.900 bits per heavy atom. The van der Waals surface area contributed by atoms with Gasteiger partial charge in [0, 0.05) is 24.2 Å². The Labute approximate surface area is 121 Å². The fourth-order valence-corrected chi connectivity index (χ4v) is 3.90. The van der Waals surface area contributed by atoms with Crippen molar-refractivity contribution in [3.8, 4) is 0 Å². The van der Waals surface area contributed by atoms with Crippen molar-refractivity contribution in [1.29, 1.82) is 0 Å². The predicted octanol–water partition coefficient (Wildman–Crippen LogP) is 4.38. The van der Waals surface area contributed by atoms with Crippen molar-refractivity contribution < 1.29 is 0 Å². The molecular formula is C19H21N. The van der Waals surface area contributed by atoms with Crippen LogP contribution in [0.2, 0.25) is 0 Å². The number of aryl methyl sites for hydroxylation is 1. The third-order valence-electron chi connectivity index (χ3n) is 5.08. The van der Waals surface area contributed by atoms with Crippen molar-refractivity contribution >= 4 is 5.69 Å². The fraction of sp³-hybridized carbons (Fsp3) is 0.368. The van der Waals surface area contributed by atoms with Gasteiger partial charge in [-0.15, -0.1) is 0 Å². The van der Waals surface area contributed by atoms with Gasteiger partial charge in [0.2, 0.25) is 0 Å². The standard InChI is InChI=1S/C19H21N/c1-15-7-9-16(10-8-15)17-11-19(12-17)13-20(14-19)18-5-3-2-4-6-18/h2-10,17H,11-14H2,1H3. The Kier molecular flexibility index (Phi) is 2.63. The summed E-state index contributed by atoms with van der Waals surface area (Å²) in [7, 11) is 0. The van der Waals surface area contributed by atoms with Gasteiger partial charge < -0.3 is 4.90 Å². The van der Waals surface area contributed by atoms with Gasteiger partial charge in [0.15, 0.2) is 0 Å². The zero-order chi connectivity index (χ0) is 13.6. The lowest BCUT2D eigenvalue weighted by Crippen LogP contribution is -2.61. The third kappa shape index (κ3) is 1.93. The van der Waals surface area contributed by atoms with Crippen molar-refractivity contribution in [1.82, 2.24) is 0 Å². The van der Waals surface area contributed by atoms with Gasteiger partial charge in [0.25, 0.3) is 0 Å². The monoisotopic (exact) mass is 263 g/mol. The summed E-state index contributed by atoms with van der Waals surface area (Å²) in [5.74, 6) is 0.800. The topological polar surface area (TPSA) is 3.24 Å². The van der Waals surface area contributed by atoms with Crippen LogP contribution in [0.3, 0.4) is 0 Å². The van der Waals surface area contributed by atoms with Crippen LogP contribution in [0.5, 0.6) is 0 Å². The Balaban J connectivity index is 1.37. The van der Waals surface area contributed by atoms with Crippen LogP contribution in [0.1, 0.15) is 29.9 Å². The highest BCUT2D eigenvalue weighted by Crippen LogP contribution is 2.56. The minimum absolute atomic E-state index is 0.616. The molecule has 1 heterocycles. The van der Waals surface area contributed by atoms with Crippen molar-refractivity contribution in [3.63, 3.8) is 0 Å². The van der Waals surface area contributed by atoms with Crippen LogP contribution in [0.4, 0.5) is 5.69 Å². The maximum atomic E-state index is 2.52. The zero-order valence-corrected chi connectivity index (χ0v) is 12.0. The molecule has 0 atom stereocenters. The minimum Gasteiger partial charge on any atom is -0.370 e. The third-order valence-corrected chi connectivity index (χ3v) is 5.08. The highest BCUT2D eigenvalue weighted by molar-refractivity contribution is 5.50. The van der Waals surface area contributed by atoms with E-state index in [2.05, 4.69) is 66.4 Å². The number of nitrogens with zero attached hydrogens (tertiary/aromatic N) is 1. The molecule has 1 saturated carbocycles. The molecule has 102 valence electrons. The normalized spacial score (nSPS) is 20.6. The average Bonchev–Trinajstić information content (AvgIpc) is 2.39. The van der Waals surface area contributed by atoms with Gasteiger partial charge in [0.05, 0.1) is 0 Å². The van der Waals surface area contributed by atoms with E-state index in [4.69, 9.17) is 0 Å². The number of hydrogen-bond acceptors (Lipinski definition) is 1. The predicted molar refractivity (Wildman–Crippen MR) is 84.2 cm³/mol. The van der Waals surface area contributed by atoms with Gasteiger partial charge in [-0.05, 0) is 43.4 Å². The van der Waals surface area contributed by atoms with E-state index in [1.807, 2.05) is 0 Å². The number of hydrogen-bond donors (Lipinski definition) is 0. The molecule has 1 aliphatic carbocycles. The van der Waals surface area contributed by atoms with Crippen LogP contribution in [-0.2, 0) is 0 Å². The highest BCUT2D eigenvalue weighted by Gasteiger charge is 2.52. The average molecular weight is 263 g/mol. The van der Waals surface area contributed by atoms with E-state index in [9.17, 15) is 0 Å². The van der Waals surface area contributed by atoms with E-state index in [1.54, 1.807) is 5.56 Å². The smallest absolute Gasteiger partial charge is 0.0366 e. The van der Waals surface area contributed by atoms with E-state index in [1.165, 1.54) is 37.2 Å². The first-order valence-corrected chi connectivity index (χ1v) is 7.61. The zero-order valence-electron chi connectivity index (χ0n) is 12.0. The largest absolute Gasteiger partial charge is 0.370 e. The molecule has 0 bridgehead atoms. The van der Waals surface area contributed by atoms with Crippen LogP contribution in [0.25, 0.3) is 0 Å². The second kappa shape index (κ2) is 4.37. The molecule has 2 aromatic carbocycles. The van der Waals surface area contributed by atoms with Crippen molar-refractivity contribution in [2.24, 2.45) is 5.41 Å². The van der Waals surface area contributed by atoms with E-state index < -0.39 is 0 Å². The van der Waals surface area contributed by atoms with Crippen LogP contribution >= 0.6 is 0 Å². The molecule has 2 aliphatic rings. The van der Waals surface area contributed by atoms with Crippen LogP contribution in [-0.4, -0.2) is 13.1 Å². The number of benzene rings is 2. The van der Waals surface area contributed by atoms with E-state index in [0.29, 0.717) is 5.41 Å². The fourth-order valence-electron chi connectivity index (χ4n) is 3.90. The maximum Gasteiger partial charge on any atom is 0.0366 e. The second-order valence-corrected chi connectivity index (χ2v) is 6.71. The Hall–Kier alpha value is -1.76. The van der Waals surface area contributed by atoms with Crippen molar-refractivity contribution in [2.75, 3.05) is 18.0 Å². The van der Waals surface area contributed by atoms with Gasteiger partial charge in [-0.2, -0.15) is 0 Å². The molecule has 1 saturated heterocycles. The highest BCUT2D eigenvalue weighted by atomic mass is 15.2. The maximum absolute atomic E-state index is 2.52. The summed E-state index contributed by atoms with van der Waals surface area (Å²) in [5.41, 5.74) is 4.91. The molecule has 0 radical (unpaired) electrons. The number of anilines is 1. The molecule has 1 spiro atoms. The quantitative estimate of drug-likeness (QED) is 0.777. The van der Waals surface area contributed by atoms with E-state index >= 15 is 0 Å². The summed E-state index contributed by atoms with van der Waals surface area (Å²) in [4.78, 5) is 2.52. The SMILES string of the molecule is Cc1ccc(C2CC3(C2)CN(c2ccccc2)C3)cc1. The van der Waals surface area contributed by atoms with Gasteiger partial charge in [-0.25, -0.2) is 0 Å². The summed E-state index contributed by atoms with van der Waals surface area (Å²) < 4.78 is 0. The van der Waals surface area contributed by atoms with Crippen LogP contribution < -0.4 is 4.90 Å². The molecule has 4 rings (SSSR count). The molecule has 0 amide bonds. The molecule has 20 heavy (non-hydrogen) atoms. The Morgan fingerprint density at radius 2 is 1.55 bits per heavy atom. The first-order valence-electron chi connectivity index (χ1n) is 7.61. The summed E-state index contributed by atoms with van der Waals surface area (Å²) in [6, 6.07) is 19.9. The molecule has 2 fully saturated rings. The van der Waals surface area contributed by atoms with Gasteiger partial charge >= 0.3 is 0 Å². The molecule has 1 heteroatoms. The van der Waals surface area contributed by atoms with Gasteiger partial charge in [0.1, 0.15) is 0 Å². The second-order valence-electron chi connectivity index (χ2n) is 6.71. The van der Waals surface area contributed by atoms with E-state index in [-0.39, 0.29) is 0 Å². The lowest BCUT2D eigenvalue weighted by molar-refractivity contribution is 0.0634. The molecule has 1 aliphatic heterocycles. The molecule has 0 N–H and O–H groups in total. The first-order chi connectivity index (χ1) is 9.74.